The van der Waals surface area contributed by atoms with Crippen LogP contribution in [0.3, 0.4) is 0 Å². The molecule has 0 aromatic heterocycles. The molecule has 18 heavy (non-hydrogen) atoms. The van der Waals surface area contributed by atoms with E-state index in [1.54, 1.807) is 12.1 Å². The number of hydrogen-bond donors (Lipinski definition) is 1. The van der Waals surface area contributed by atoms with Crippen LogP contribution in [0.15, 0.2) is 29.2 Å². The molecule has 1 N–H and O–H groups in total. The molecular formula is C13H17ClO3S. The van der Waals surface area contributed by atoms with Gasteiger partial charge in [0.25, 0.3) is 0 Å². The Labute approximate surface area is 113 Å². The summed E-state index contributed by atoms with van der Waals surface area (Å²) in [5, 5.41) is 9.95. The van der Waals surface area contributed by atoms with Crippen LogP contribution in [-0.4, -0.2) is 24.9 Å². The Kier molecular flexibility index (Phi) is 3.47. The monoisotopic (exact) mass is 288 g/mol. The fourth-order valence-electron chi connectivity index (χ4n) is 2.45. The molecule has 5 heteroatoms. The van der Waals surface area contributed by atoms with Gasteiger partial charge < -0.3 is 5.11 Å². The van der Waals surface area contributed by atoms with Gasteiger partial charge in [-0.2, -0.15) is 0 Å². The number of hydrogen-bond acceptors (Lipinski definition) is 3. The van der Waals surface area contributed by atoms with Gasteiger partial charge in [-0.1, -0.05) is 25.4 Å². The van der Waals surface area contributed by atoms with Crippen LogP contribution in [0.2, 0.25) is 5.02 Å². The highest BCUT2D eigenvalue weighted by Crippen LogP contribution is 2.42. The molecule has 0 heterocycles. The first-order valence-electron chi connectivity index (χ1n) is 5.93. The van der Waals surface area contributed by atoms with Gasteiger partial charge in [-0.25, -0.2) is 8.42 Å². The lowest BCUT2D eigenvalue weighted by atomic mass is 9.89. The Balaban J connectivity index is 2.36. The zero-order valence-corrected chi connectivity index (χ0v) is 12.0. The molecule has 0 amide bonds. The highest BCUT2D eigenvalue weighted by molar-refractivity contribution is 7.92. The molecule has 0 bridgehead atoms. The molecule has 0 saturated heterocycles. The number of sulfone groups is 1. The van der Waals surface area contributed by atoms with Gasteiger partial charge >= 0.3 is 0 Å². The molecule has 1 aliphatic rings. The van der Waals surface area contributed by atoms with E-state index in [-0.39, 0.29) is 10.3 Å². The Hall–Kier alpha value is -0.580. The van der Waals surface area contributed by atoms with Gasteiger partial charge in [0, 0.05) is 5.02 Å². The summed E-state index contributed by atoms with van der Waals surface area (Å²) >= 11 is 5.75. The first-order chi connectivity index (χ1) is 8.25. The van der Waals surface area contributed by atoms with E-state index in [0.29, 0.717) is 17.9 Å². The molecular weight excluding hydrogens is 272 g/mol. The van der Waals surface area contributed by atoms with Gasteiger partial charge in [0.2, 0.25) is 0 Å². The van der Waals surface area contributed by atoms with Crippen LogP contribution in [0.25, 0.3) is 0 Å². The summed E-state index contributed by atoms with van der Waals surface area (Å²) in [7, 11) is -3.48. The van der Waals surface area contributed by atoms with Crippen LogP contribution in [0.4, 0.5) is 0 Å². The third kappa shape index (κ3) is 2.29. The van der Waals surface area contributed by atoms with Crippen LogP contribution >= 0.6 is 11.6 Å². The lowest BCUT2D eigenvalue weighted by Gasteiger charge is -2.25. The first-order valence-corrected chi connectivity index (χ1v) is 7.85. The van der Waals surface area contributed by atoms with Crippen molar-refractivity contribution >= 4 is 21.4 Å². The molecule has 2 atom stereocenters. The van der Waals surface area contributed by atoms with E-state index in [4.69, 9.17) is 11.6 Å². The molecule has 0 spiro atoms. The second kappa shape index (κ2) is 4.51. The summed E-state index contributed by atoms with van der Waals surface area (Å²) in [6.07, 6.45) is 0.392. The zero-order chi connectivity index (χ0) is 13.6. The third-order valence-corrected chi connectivity index (χ3v) is 6.24. The maximum atomic E-state index is 12.4. The highest BCUT2D eigenvalue weighted by Gasteiger charge is 2.47. The number of rotatable bonds is 2. The first kappa shape index (κ1) is 13.8. The second-order valence-electron chi connectivity index (χ2n) is 5.51. The topological polar surface area (TPSA) is 54.4 Å². The quantitative estimate of drug-likeness (QED) is 0.910. The van der Waals surface area contributed by atoms with Crippen molar-refractivity contribution in [1.82, 2.24) is 0 Å². The standard InChI is InChI=1S/C13H17ClO3S/c1-13(2)8-7-11(12(13)15)18(16,17)10-5-3-9(14)4-6-10/h3-6,11-12,15H,7-8H2,1-2H3. The van der Waals surface area contributed by atoms with Crippen molar-refractivity contribution < 1.29 is 13.5 Å². The average molecular weight is 289 g/mol. The van der Waals surface area contributed by atoms with Crippen LogP contribution in [0, 0.1) is 5.41 Å². The summed E-state index contributed by atoms with van der Waals surface area (Å²) in [4.78, 5) is 0.230. The van der Waals surface area contributed by atoms with Crippen molar-refractivity contribution in [3.8, 4) is 0 Å². The maximum Gasteiger partial charge on any atom is 0.183 e. The normalized spacial score (nSPS) is 27.3. The third-order valence-electron chi connectivity index (χ3n) is 3.77. The second-order valence-corrected chi connectivity index (χ2v) is 8.11. The molecule has 1 aromatic rings. The van der Waals surface area contributed by atoms with Gasteiger partial charge in [-0.05, 0) is 42.5 Å². The molecule has 1 aromatic carbocycles. The number of aliphatic hydroxyl groups is 1. The number of benzene rings is 1. The molecule has 1 fully saturated rings. The Morgan fingerprint density at radius 1 is 1.28 bits per heavy atom. The summed E-state index contributed by atoms with van der Waals surface area (Å²) in [6, 6.07) is 6.10. The fourth-order valence-corrected chi connectivity index (χ4v) is 4.57. The van der Waals surface area contributed by atoms with Gasteiger partial charge in [0.1, 0.15) is 0 Å². The Morgan fingerprint density at radius 3 is 2.28 bits per heavy atom. The SMILES string of the molecule is CC1(C)CCC(S(=O)(=O)c2ccc(Cl)cc2)C1O. The summed E-state index contributed by atoms with van der Waals surface area (Å²) in [6.45, 7) is 3.80. The molecule has 0 radical (unpaired) electrons. The molecule has 3 nitrogen and oxygen atoms in total. The number of halogens is 1. The van der Waals surface area contributed by atoms with Crippen molar-refractivity contribution in [2.75, 3.05) is 0 Å². The van der Waals surface area contributed by atoms with Crippen molar-refractivity contribution in [1.29, 1.82) is 0 Å². The minimum atomic E-state index is -3.48. The van der Waals surface area contributed by atoms with Crippen molar-refractivity contribution in [2.24, 2.45) is 5.41 Å². The van der Waals surface area contributed by atoms with Crippen molar-refractivity contribution in [3.63, 3.8) is 0 Å². The summed E-state index contributed by atoms with van der Waals surface area (Å²) in [5.74, 6) is 0. The fraction of sp³-hybridized carbons (Fsp3) is 0.538. The summed E-state index contributed by atoms with van der Waals surface area (Å²) < 4.78 is 24.9. The Bertz CT molecular complexity index is 534. The van der Waals surface area contributed by atoms with Gasteiger partial charge in [-0.3, -0.25) is 0 Å². The largest absolute Gasteiger partial charge is 0.391 e. The minimum absolute atomic E-state index is 0.230. The van der Waals surface area contributed by atoms with Crippen LogP contribution in [0.1, 0.15) is 26.7 Å². The molecule has 2 unspecified atom stereocenters. The lowest BCUT2D eigenvalue weighted by molar-refractivity contribution is 0.0816. The van der Waals surface area contributed by atoms with E-state index in [9.17, 15) is 13.5 Å². The van der Waals surface area contributed by atoms with E-state index in [1.807, 2.05) is 13.8 Å². The Morgan fingerprint density at radius 2 is 1.83 bits per heavy atom. The van der Waals surface area contributed by atoms with Crippen molar-refractivity contribution in [2.45, 2.75) is 42.9 Å². The van der Waals surface area contributed by atoms with Gasteiger partial charge in [0.05, 0.1) is 16.2 Å². The minimum Gasteiger partial charge on any atom is -0.391 e. The van der Waals surface area contributed by atoms with E-state index in [0.717, 1.165) is 0 Å². The van der Waals surface area contributed by atoms with E-state index < -0.39 is 21.2 Å². The summed E-state index contributed by atoms with van der Waals surface area (Å²) in [5.41, 5.74) is -0.343. The van der Waals surface area contributed by atoms with Crippen LogP contribution < -0.4 is 0 Å². The smallest absolute Gasteiger partial charge is 0.183 e. The van der Waals surface area contributed by atoms with Crippen LogP contribution in [0.5, 0.6) is 0 Å². The van der Waals surface area contributed by atoms with Crippen LogP contribution in [-0.2, 0) is 9.84 Å². The van der Waals surface area contributed by atoms with Gasteiger partial charge in [0.15, 0.2) is 9.84 Å². The zero-order valence-electron chi connectivity index (χ0n) is 10.4. The van der Waals surface area contributed by atoms with Crippen molar-refractivity contribution in [3.05, 3.63) is 29.3 Å². The predicted molar refractivity (Wildman–Crippen MR) is 71.4 cm³/mol. The van der Waals surface area contributed by atoms with E-state index in [1.165, 1.54) is 12.1 Å². The maximum absolute atomic E-state index is 12.4. The molecule has 100 valence electrons. The molecule has 1 saturated carbocycles. The average Bonchev–Trinajstić information content (AvgIpc) is 2.55. The lowest BCUT2D eigenvalue weighted by Crippen LogP contribution is -2.36. The molecule has 1 aliphatic carbocycles. The number of aliphatic hydroxyl groups excluding tert-OH is 1. The van der Waals surface area contributed by atoms with E-state index >= 15 is 0 Å². The highest BCUT2D eigenvalue weighted by atomic mass is 35.5. The van der Waals surface area contributed by atoms with Gasteiger partial charge in [-0.15, -0.1) is 0 Å². The predicted octanol–water partition coefficient (Wildman–Crippen LogP) is 2.66. The molecule has 2 rings (SSSR count). The van der Waals surface area contributed by atoms with E-state index in [2.05, 4.69) is 0 Å². The molecule has 0 aliphatic heterocycles.